The predicted octanol–water partition coefficient (Wildman–Crippen LogP) is 0.897. The minimum atomic E-state index is -1.03. The average molecular weight is 267 g/mol. The van der Waals surface area contributed by atoms with Crippen molar-refractivity contribution in [1.82, 2.24) is 15.0 Å². The number of carboxylic acid groups (broad SMARTS) is 1. The van der Waals surface area contributed by atoms with Crippen molar-refractivity contribution in [2.75, 3.05) is 6.26 Å². The fraction of sp³-hybridized carbons (Fsp3) is 0.364. The molecule has 0 fully saturated rings. The van der Waals surface area contributed by atoms with Crippen molar-refractivity contribution < 1.29 is 14.1 Å². The van der Waals surface area contributed by atoms with E-state index in [4.69, 9.17) is 5.11 Å². The van der Waals surface area contributed by atoms with Crippen molar-refractivity contribution in [3.63, 3.8) is 0 Å². The number of carbonyl (C=O) groups is 1. The molecule has 18 heavy (non-hydrogen) atoms. The summed E-state index contributed by atoms with van der Waals surface area (Å²) in [5.41, 5.74) is 1.13. The third-order valence-corrected chi connectivity index (χ3v) is 4.05. The standard InChI is InChI=1S/C11H13N3O3S/c1-7(18(2)17)6-14-9-5-3-4-8(11(15)16)10(9)12-13-14/h3-5,7H,6H2,1-2H3,(H,15,16). The Kier molecular flexibility index (Phi) is 3.42. The van der Waals surface area contributed by atoms with E-state index in [-0.39, 0.29) is 10.8 Å². The number of hydrogen-bond acceptors (Lipinski definition) is 4. The van der Waals surface area contributed by atoms with Crippen molar-refractivity contribution in [3.05, 3.63) is 23.8 Å². The summed E-state index contributed by atoms with van der Waals surface area (Å²) in [6.45, 7) is 2.30. The van der Waals surface area contributed by atoms with E-state index in [1.807, 2.05) is 6.92 Å². The zero-order valence-electron chi connectivity index (χ0n) is 10.0. The highest BCUT2D eigenvalue weighted by atomic mass is 32.2. The van der Waals surface area contributed by atoms with Crippen LogP contribution in [0.5, 0.6) is 0 Å². The van der Waals surface area contributed by atoms with Crippen LogP contribution in [0, 0.1) is 0 Å². The molecule has 6 nitrogen and oxygen atoms in total. The molecule has 0 aliphatic heterocycles. The number of hydrogen-bond donors (Lipinski definition) is 1. The van der Waals surface area contributed by atoms with Crippen LogP contribution in [0.4, 0.5) is 0 Å². The molecule has 0 radical (unpaired) electrons. The average Bonchev–Trinajstić information content (AvgIpc) is 2.72. The molecule has 0 bridgehead atoms. The molecular weight excluding hydrogens is 254 g/mol. The summed E-state index contributed by atoms with van der Waals surface area (Å²) in [5.74, 6) is -1.03. The molecule has 0 saturated heterocycles. The number of rotatable bonds is 4. The van der Waals surface area contributed by atoms with Crippen molar-refractivity contribution in [2.45, 2.75) is 18.7 Å². The van der Waals surface area contributed by atoms with Crippen molar-refractivity contribution in [2.24, 2.45) is 0 Å². The Hall–Kier alpha value is -1.76. The minimum Gasteiger partial charge on any atom is -0.478 e. The first kappa shape index (κ1) is 12.7. The van der Waals surface area contributed by atoms with Gasteiger partial charge in [0.05, 0.1) is 22.9 Å². The van der Waals surface area contributed by atoms with Crippen molar-refractivity contribution in [1.29, 1.82) is 0 Å². The van der Waals surface area contributed by atoms with E-state index in [1.165, 1.54) is 6.07 Å². The number of benzene rings is 1. The molecule has 2 atom stereocenters. The van der Waals surface area contributed by atoms with Crippen LogP contribution in [-0.2, 0) is 17.3 Å². The lowest BCUT2D eigenvalue weighted by atomic mass is 10.2. The SMILES string of the molecule is CC(Cn1nnc2c(C(=O)O)cccc21)S(C)=O. The molecule has 2 unspecified atom stereocenters. The second kappa shape index (κ2) is 4.85. The van der Waals surface area contributed by atoms with E-state index in [1.54, 1.807) is 23.1 Å². The highest BCUT2D eigenvalue weighted by molar-refractivity contribution is 7.84. The fourth-order valence-electron chi connectivity index (χ4n) is 1.65. The highest BCUT2D eigenvalue weighted by Crippen LogP contribution is 2.16. The number of aromatic carboxylic acids is 1. The quantitative estimate of drug-likeness (QED) is 0.889. The molecule has 1 aromatic heterocycles. The van der Waals surface area contributed by atoms with E-state index >= 15 is 0 Å². The van der Waals surface area contributed by atoms with Crippen LogP contribution < -0.4 is 0 Å². The zero-order valence-corrected chi connectivity index (χ0v) is 10.8. The van der Waals surface area contributed by atoms with E-state index in [0.29, 0.717) is 17.6 Å². The minimum absolute atomic E-state index is 0.0663. The molecular formula is C11H13N3O3S. The van der Waals surface area contributed by atoms with Gasteiger partial charge in [-0.2, -0.15) is 0 Å². The van der Waals surface area contributed by atoms with Crippen LogP contribution in [0.2, 0.25) is 0 Å². The normalized spacial score (nSPS) is 14.6. The number of carboxylic acids is 1. The van der Waals surface area contributed by atoms with Gasteiger partial charge >= 0.3 is 5.97 Å². The Labute approximate surface area is 106 Å². The largest absolute Gasteiger partial charge is 0.478 e. The van der Waals surface area contributed by atoms with Gasteiger partial charge in [0.2, 0.25) is 0 Å². The maximum atomic E-state index is 11.3. The lowest BCUT2D eigenvalue weighted by Gasteiger charge is -2.08. The van der Waals surface area contributed by atoms with E-state index in [0.717, 1.165) is 0 Å². The van der Waals surface area contributed by atoms with Crippen LogP contribution >= 0.6 is 0 Å². The fourth-order valence-corrected chi connectivity index (χ4v) is 2.00. The number of fused-ring (bicyclic) bond motifs is 1. The smallest absolute Gasteiger partial charge is 0.338 e. The van der Waals surface area contributed by atoms with Gasteiger partial charge in [-0.15, -0.1) is 5.10 Å². The molecule has 0 aliphatic rings. The molecule has 0 saturated carbocycles. The Morgan fingerprint density at radius 3 is 2.89 bits per heavy atom. The maximum Gasteiger partial charge on any atom is 0.338 e. The first-order chi connectivity index (χ1) is 8.50. The Bertz CT molecular complexity index is 623. The molecule has 0 amide bonds. The van der Waals surface area contributed by atoms with Crippen molar-refractivity contribution in [3.8, 4) is 0 Å². The molecule has 1 heterocycles. The highest BCUT2D eigenvalue weighted by Gasteiger charge is 2.15. The van der Waals surface area contributed by atoms with Gasteiger partial charge in [0, 0.05) is 17.1 Å². The molecule has 7 heteroatoms. The van der Waals surface area contributed by atoms with Gasteiger partial charge < -0.3 is 5.11 Å². The lowest BCUT2D eigenvalue weighted by Crippen LogP contribution is -2.18. The number of nitrogens with zero attached hydrogens (tertiary/aromatic N) is 3. The van der Waals surface area contributed by atoms with Crippen LogP contribution in [0.25, 0.3) is 11.0 Å². The summed E-state index contributed by atoms with van der Waals surface area (Å²) in [4.78, 5) is 11.0. The van der Waals surface area contributed by atoms with Gasteiger partial charge in [0.15, 0.2) is 0 Å². The van der Waals surface area contributed by atoms with Crippen molar-refractivity contribution >= 4 is 27.8 Å². The Balaban J connectivity index is 2.46. The van der Waals surface area contributed by atoms with Gasteiger partial charge in [0.1, 0.15) is 5.52 Å². The predicted molar refractivity (Wildman–Crippen MR) is 68.0 cm³/mol. The van der Waals surface area contributed by atoms with Gasteiger partial charge in [-0.1, -0.05) is 11.3 Å². The monoisotopic (exact) mass is 267 g/mol. The van der Waals surface area contributed by atoms with Gasteiger partial charge in [0.25, 0.3) is 0 Å². The van der Waals surface area contributed by atoms with Gasteiger partial charge in [-0.3, -0.25) is 4.21 Å². The van der Waals surface area contributed by atoms with Gasteiger partial charge in [-0.25, -0.2) is 9.48 Å². The maximum absolute atomic E-state index is 11.3. The molecule has 1 N–H and O–H groups in total. The zero-order chi connectivity index (χ0) is 13.3. The van der Waals surface area contributed by atoms with E-state index < -0.39 is 16.8 Å². The van der Waals surface area contributed by atoms with Crippen LogP contribution in [0.15, 0.2) is 18.2 Å². The third kappa shape index (κ3) is 2.26. The second-order valence-electron chi connectivity index (χ2n) is 4.06. The molecule has 0 spiro atoms. The third-order valence-electron chi connectivity index (χ3n) is 2.77. The summed E-state index contributed by atoms with van der Waals surface area (Å²) < 4.78 is 12.9. The molecule has 96 valence electrons. The summed E-state index contributed by atoms with van der Waals surface area (Å²) in [6.07, 6.45) is 1.63. The number of aromatic nitrogens is 3. The summed E-state index contributed by atoms with van der Waals surface area (Å²) in [7, 11) is -0.957. The second-order valence-corrected chi connectivity index (χ2v) is 5.86. The topological polar surface area (TPSA) is 85.1 Å². The Morgan fingerprint density at radius 1 is 1.56 bits per heavy atom. The van der Waals surface area contributed by atoms with Crippen LogP contribution in [0.1, 0.15) is 17.3 Å². The lowest BCUT2D eigenvalue weighted by molar-refractivity contribution is 0.0699. The molecule has 2 rings (SSSR count). The molecule has 2 aromatic rings. The van der Waals surface area contributed by atoms with Crippen LogP contribution in [0.3, 0.4) is 0 Å². The molecule has 1 aromatic carbocycles. The van der Waals surface area contributed by atoms with E-state index in [2.05, 4.69) is 10.3 Å². The van der Waals surface area contributed by atoms with E-state index in [9.17, 15) is 9.00 Å². The van der Waals surface area contributed by atoms with Gasteiger partial charge in [-0.05, 0) is 19.1 Å². The summed E-state index contributed by atoms with van der Waals surface area (Å²) in [6, 6.07) is 4.90. The Morgan fingerprint density at radius 2 is 2.28 bits per heavy atom. The van der Waals surface area contributed by atoms with Crippen LogP contribution in [-0.4, -0.2) is 41.8 Å². The summed E-state index contributed by atoms with van der Waals surface area (Å²) >= 11 is 0. The first-order valence-electron chi connectivity index (χ1n) is 5.38. The molecule has 0 aliphatic carbocycles. The summed E-state index contributed by atoms with van der Waals surface area (Å²) in [5, 5.41) is 16.8. The first-order valence-corrected chi connectivity index (χ1v) is 7.00.